The molecule has 6 nitrogen and oxygen atoms in total. The van der Waals surface area contributed by atoms with Crippen LogP contribution in [0.25, 0.3) is 5.57 Å². The van der Waals surface area contributed by atoms with Crippen molar-refractivity contribution in [2.45, 2.75) is 10.7 Å². The van der Waals surface area contributed by atoms with Gasteiger partial charge in [0.05, 0.1) is 35.7 Å². The number of halogens is 1. The molecule has 0 saturated carbocycles. The minimum absolute atomic E-state index is 0.146. The van der Waals surface area contributed by atoms with Crippen molar-refractivity contribution >= 4 is 27.5 Å². The molecule has 0 saturated heterocycles. The molecule has 0 amide bonds. The van der Waals surface area contributed by atoms with Gasteiger partial charge in [0.2, 0.25) is 0 Å². The average Bonchev–Trinajstić information content (AvgIpc) is 2.53. The molecule has 1 unspecified atom stereocenters. The highest BCUT2D eigenvalue weighted by molar-refractivity contribution is 9.10. The van der Waals surface area contributed by atoms with Crippen molar-refractivity contribution < 1.29 is 14.5 Å². The SMILES string of the molecule is COC(=O)C1(Br)C=CC(c2ccccc2C#N)=C([N+](=O)[O-])C1. The molecule has 1 aliphatic carbocycles. The third-order valence-corrected chi connectivity index (χ3v) is 4.20. The zero-order valence-corrected chi connectivity index (χ0v) is 13.2. The number of alkyl halides is 1. The van der Waals surface area contributed by atoms with E-state index in [1.807, 2.05) is 6.07 Å². The second kappa shape index (κ2) is 6.12. The van der Waals surface area contributed by atoms with Gasteiger partial charge in [0.15, 0.2) is 4.32 Å². The number of carbonyl (C=O) groups excluding carboxylic acids is 1. The molecule has 1 atom stereocenters. The molecular weight excluding hydrogens is 352 g/mol. The lowest BCUT2D eigenvalue weighted by Gasteiger charge is -2.24. The van der Waals surface area contributed by atoms with E-state index in [4.69, 9.17) is 5.26 Å². The van der Waals surface area contributed by atoms with Gasteiger partial charge in [0.25, 0.3) is 5.70 Å². The van der Waals surface area contributed by atoms with Crippen molar-refractivity contribution in [1.29, 1.82) is 5.26 Å². The highest BCUT2D eigenvalue weighted by atomic mass is 79.9. The number of hydrogen-bond donors (Lipinski definition) is 0. The number of carbonyl (C=O) groups is 1. The molecule has 0 heterocycles. The summed E-state index contributed by atoms with van der Waals surface area (Å²) in [5.41, 5.74) is 0.975. The third kappa shape index (κ3) is 2.78. The van der Waals surface area contributed by atoms with Crippen molar-refractivity contribution in [1.82, 2.24) is 0 Å². The summed E-state index contributed by atoms with van der Waals surface area (Å²) in [6.45, 7) is 0. The minimum atomic E-state index is -1.27. The largest absolute Gasteiger partial charge is 0.468 e. The Balaban J connectivity index is 2.58. The summed E-state index contributed by atoms with van der Waals surface area (Å²) < 4.78 is 3.40. The van der Waals surface area contributed by atoms with Crippen LogP contribution in [0, 0.1) is 21.4 Å². The summed E-state index contributed by atoms with van der Waals surface area (Å²) in [5.74, 6) is -0.615. The molecule has 1 aromatic carbocycles. The monoisotopic (exact) mass is 362 g/mol. The Bertz CT molecular complexity index is 748. The van der Waals surface area contributed by atoms with Gasteiger partial charge in [-0.25, -0.2) is 0 Å². The number of hydrogen-bond acceptors (Lipinski definition) is 5. The van der Waals surface area contributed by atoms with Crippen LogP contribution in [0.3, 0.4) is 0 Å². The number of ether oxygens (including phenoxy) is 1. The first-order chi connectivity index (χ1) is 10.4. The van der Waals surface area contributed by atoms with E-state index in [-0.39, 0.29) is 12.1 Å². The molecule has 7 heteroatoms. The maximum Gasteiger partial charge on any atom is 0.327 e. The highest BCUT2D eigenvalue weighted by Gasteiger charge is 2.42. The molecule has 0 fully saturated rings. The maximum absolute atomic E-state index is 11.8. The summed E-state index contributed by atoms with van der Waals surface area (Å²) in [6.07, 6.45) is 2.82. The molecule has 0 radical (unpaired) electrons. The number of rotatable bonds is 3. The van der Waals surface area contributed by atoms with E-state index in [0.717, 1.165) is 0 Å². The fourth-order valence-corrected chi connectivity index (χ4v) is 2.80. The second-order valence-electron chi connectivity index (χ2n) is 4.64. The maximum atomic E-state index is 11.8. The van der Waals surface area contributed by atoms with Crippen molar-refractivity contribution in [3.63, 3.8) is 0 Å². The first kappa shape index (κ1) is 15.9. The second-order valence-corrected chi connectivity index (χ2v) is 6.05. The van der Waals surface area contributed by atoms with Crippen LogP contribution in [0.1, 0.15) is 17.5 Å². The number of esters is 1. The molecule has 0 N–H and O–H groups in total. The summed E-state index contributed by atoms with van der Waals surface area (Å²) in [6, 6.07) is 8.62. The standard InChI is InChI=1S/C15H11BrN2O4/c1-22-14(19)15(16)7-6-12(13(8-15)18(20)21)11-5-3-2-4-10(11)9-17/h2-7H,8H2,1H3. The molecule has 0 aromatic heterocycles. The van der Waals surface area contributed by atoms with Crippen LogP contribution in [0.4, 0.5) is 0 Å². The minimum Gasteiger partial charge on any atom is -0.468 e. The topological polar surface area (TPSA) is 93.2 Å². The molecule has 2 rings (SSSR count). The molecule has 0 spiro atoms. The van der Waals surface area contributed by atoms with Gasteiger partial charge in [-0.15, -0.1) is 0 Å². The van der Waals surface area contributed by atoms with E-state index in [0.29, 0.717) is 16.7 Å². The third-order valence-electron chi connectivity index (χ3n) is 3.33. The highest BCUT2D eigenvalue weighted by Crippen LogP contribution is 2.39. The zero-order chi connectivity index (χ0) is 16.3. The quantitative estimate of drug-likeness (QED) is 0.356. The smallest absolute Gasteiger partial charge is 0.327 e. The fourth-order valence-electron chi connectivity index (χ4n) is 2.24. The number of nitriles is 1. The Morgan fingerprint density at radius 2 is 2.18 bits per heavy atom. The van der Waals surface area contributed by atoms with Crippen molar-refractivity contribution in [3.05, 3.63) is 63.4 Å². The Morgan fingerprint density at radius 1 is 1.50 bits per heavy atom. The van der Waals surface area contributed by atoms with Gasteiger partial charge in [0.1, 0.15) is 0 Å². The normalized spacial score (nSPS) is 20.4. The number of nitrogens with zero attached hydrogens (tertiary/aromatic N) is 2. The number of allylic oxidation sites excluding steroid dienone is 3. The number of nitro groups is 1. The molecular formula is C15H11BrN2O4. The summed E-state index contributed by atoms with van der Waals surface area (Å²) in [7, 11) is 1.22. The van der Waals surface area contributed by atoms with Crippen molar-refractivity contribution in [3.8, 4) is 6.07 Å². The van der Waals surface area contributed by atoms with Crippen LogP contribution >= 0.6 is 15.9 Å². The lowest BCUT2D eigenvalue weighted by molar-refractivity contribution is -0.427. The van der Waals surface area contributed by atoms with Gasteiger partial charge in [-0.1, -0.05) is 40.2 Å². The molecule has 1 aromatic rings. The predicted octanol–water partition coefficient (Wildman–Crippen LogP) is 2.81. The van der Waals surface area contributed by atoms with Gasteiger partial charge in [-0.3, -0.25) is 14.9 Å². The van der Waals surface area contributed by atoms with Crippen LogP contribution in [0.15, 0.2) is 42.1 Å². The zero-order valence-electron chi connectivity index (χ0n) is 11.6. The Hall–Kier alpha value is -2.46. The number of methoxy groups -OCH3 is 1. The molecule has 22 heavy (non-hydrogen) atoms. The van der Waals surface area contributed by atoms with Gasteiger partial charge >= 0.3 is 5.97 Å². The Morgan fingerprint density at radius 3 is 2.77 bits per heavy atom. The van der Waals surface area contributed by atoms with Crippen LogP contribution in [0.2, 0.25) is 0 Å². The van der Waals surface area contributed by atoms with Crippen molar-refractivity contribution in [2.75, 3.05) is 7.11 Å². The number of benzene rings is 1. The van der Waals surface area contributed by atoms with Gasteiger partial charge < -0.3 is 4.74 Å². The first-order valence-corrected chi connectivity index (χ1v) is 7.06. The average molecular weight is 363 g/mol. The molecule has 0 bridgehead atoms. The van der Waals surface area contributed by atoms with E-state index < -0.39 is 15.2 Å². The predicted molar refractivity (Wildman–Crippen MR) is 82.5 cm³/mol. The van der Waals surface area contributed by atoms with E-state index >= 15 is 0 Å². The van der Waals surface area contributed by atoms with E-state index in [9.17, 15) is 14.9 Å². The molecule has 0 aliphatic heterocycles. The lowest BCUT2D eigenvalue weighted by Crippen LogP contribution is -2.34. The van der Waals surface area contributed by atoms with Crippen LogP contribution < -0.4 is 0 Å². The Kier molecular flexibility index (Phi) is 4.43. The first-order valence-electron chi connectivity index (χ1n) is 6.26. The van der Waals surface area contributed by atoms with Crippen LogP contribution in [0.5, 0.6) is 0 Å². The fraction of sp³-hybridized carbons (Fsp3) is 0.200. The van der Waals surface area contributed by atoms with Gasteiger partial charge in [0, 0.05) is 5.56 Å². The van der Waals surface area contributed by atoms with Gasteiger partial charge in [-0.05, 0) is 12.1 Å². The van der Waals surface area contributed by atoms with Gasteiger partial charge in [-0.2, -0.15) is 5.26 Å². The van der Waals surface area contributed by atoms with E-state index in [1.165, 1.54) is 19.3 Å². The summed E-state index contributed by atoms with van der Waals surface area (Å²) >= 11 is 3.20. The van der Waals surface area contributed by atoms with E-state index in [2.05, 4.69) is 20.7 Å². The summed E-state index contributed by atoms with van der Waals surface area (Å²) in [5, 5.41) is 20.5. The lowest BCUT2D eigenvalue weighted by atomic mass is 9.88. The van der Waals surface area contributed by atoms with E-state index in [1.54, 1.807) is 24.3 Å². The van der Waals surface area contributed by atoms with Crippen LogP contribution in [-0.4, -0.2) is 22.3 Å². The van der Waals surface area contributed by atoms with Crippen molar-refractivity contribution in [2.24, 2.45) is 0 Å². The summed E-state index contributed by atoms with van der Waals surface area (Å²) in [4.78, 5) is 22.7. The molecule has 112 valence electrons. The Labute approximate surface area is 135 Å². The van der Waals surface area contributed by atoms with Crippen LogP contribution in [-0.2, 0) is 9.53 Å². The molecule has 1 aliphatic rings.